The van der Waals surface area contributed by atoms with Gasteiger partial charge in [0.05, 0.1) is 0 Å². The van der Waals surface area contributed by atoms with Crippen LogP contribution in [0.4, 0.5) is 0 Å². The molecule has 0 fully saturated rings. The van der Waals surface area contributed by atoms with Crippen molar-refractivity contribution in [2.24, 2.45) is 0 Å². The number of benzene rings is 2. The van der Waals surface area contributed by atoms with Crippen LogP contribution in [0.5, 0.6) is 0 Å². The molecule has 0 aromatic heterocycles. The molecule has 0 radical (unpaired) electrons. The van der Waals surface area contributed by atoms with Gasteiger partial charge in [-0.15, -0.1) is 0 Å². The van der Waals surface area contributed by atoms with Crippen LogP contribution in [0.1, 0.15) is 36.1 Å². The van der Waals surface area contributed by atoms with Gasteiger partial charge in [-0.25, -0.2) is 10.0 Å². The van der Waals surface area contributed by atoms with Gasteiger partial charge in [0, 0.05) is 26.2 Å². The molecule has 104 valence electrons. The third-order valence-electron chi connectivity index (χ3n) is 4.19. The Hall–Kier alpha value is -1.64. The Morgan fingerprint density at radius 1 is 1.05 bits per heavy atom. The number of fused-ring (bicyclic) bond motifs is 1. The first-order valence-electron chi connectivity index (χ1n) is 7.39. The van der Waals surface area contributed by atoms with E-state index in [-0.39, 0.29) is 0 Å². The van der Waals surface area contributed by atoms with Gasteiger partial charge in [0.25, 0.3) is 0 Å². The Morgan fingerprint density at radius 3 is 2.50 bits per heavy atom. The summed E-state index contributed by atoms with van der Waals surface area (Å²) < 4.78 is 0. The number of rotatable bonds is 4. The first kappa shape index (κ1) is 13.3. The zero-order valence-electron chi connectivity index (χ0n) is 12.3. The van der Waals surface area contributed by atoms with Gasteiger partial charge in [-0.2, -0.15) is 0 Å². The molecular weight excluding hydrogens is 244 g/mol. The molecule has 0 saturated heterocycles. The van der Waals surface area contributed by atoms with Crippen LogP contribution >= 0.6 is 0 Å². The Kier molecular flexibility index (Phi) is 3.86. The highest BCUT2D eigenvalue weighted by Crippen LogP contribution is 2.36. The highest BCUT2D eigenvalue weighted by Gasteiger charge is 2.30. The molecule has 3 rings (SSSR count). The molecule has 20 heavy (non-hydrogen) atoms. The molecule has 0 spiro atoms. The maximum atomic E-state index is 2.50. The molecule has 0 amide bonds. The van der Waals surface area contributed by atoms with Crippen LogP contribution in [0, 0.1) is 0 Å². The molecule has 0 saturated carbocycles. The lowest BCUT2D eigenvalue weighted by Crippen LogP contribution is -2.37. The standard InChI is InChI=1S/C18H22N2/c1-3-18-17-12-8-7-11-16(17)14-20(18)19(2)13-15-9-5-4-6-10-15/h4-12,18H,3,13-14H2,1-2H3. The summed E-state index contributed by atoms with van der Waals surface area (Å²) >= 11 is 0. The van der Waals surface area contributed by atoms with Gasteiger partial charge < -0.3 is 0 Å². The van der Waals surface area contributed by atoms with E-state index in [4.69, 9.17) is 0 Å². The largest absolute Gasteiger partial charge is 0.240 e. The average molecular weight is 266 g/mol. The monoisotopic (exact) mass is 266 g/mol. The molecule has 1 atom stereocenters. The van der Waals surface area contributed by atoms with Crippen LogP contribution in [0.2, 0.25) is 0 Å². The average Bonchev–Trinajstić information content (AvgIpc) is 2.87. The van der Waals surface area contributed by atoms with E-state index in [1.807, 2.05) is 0 Å². The van der Waals surface area contributed by atoms with E-state index in [1.165, 1.54) is 16.7 Å². The molecule has 0 aliphatic carbocycles. The smallest absolute Gasteiger partial charge is 0.0499 e. The van der Waals surface area contributed by atoms with Crippen molar-refractivity contribution in [2.45, 2.75) is 32.5 Å². The fourth-order valence-electron chi connectivity index (χ4n) is 3.18. The van der Waals surface area contributed by atoms with Gasteiger partial charge in [0.2, 0.25) is 0 Å². The molecule has 1 aliphatic rings. The summed E-state index contributed by atoms with van der Waals surface area (Å²) in [6, 6.07) is 20.0. The number of nitrogens with zero attached hydrogens (tertiary/aromatic N) is 2. The number of hydrogen-bond acceptors (Lipinski definition) is 2. The van der Waals surface area contributed by atoms with Crippen molar-refractivity contribution in [1.29, 1.82) is 0 Å². The Bertz CT molecular complexity index is 565. The van der Waals surface area contributed by atoms with Crippen LogP contribution in [0.15, 0.2) is 54.6 Å². The quantitative estimate of drug-likeness (QED) is 0.825. The fourth-order valence-corrected chi connectivity index (χ4v) is 3.18. The number of hydrazine groups is 1. The molecule has 1 unspecified atom stereocenters. The molecule has 0 bridgehead atoms. The Labute approximate surface area is 121 Å². The normalized spacial score (nSPS) is 18.4. The highest BCUT2D eigenvalue weighted by atomic mass is 15.6. The summed E-state index contributed by atoms with van der Waals surface area (Å²) in [7, 11) is 2.20. The van der Waals surface area contributed by atoms with E-state index in [0.717, 1.165) is 19.5 Å². The Balaban J connectivity index is 1.78. The van der Waals surface area contributed by atoms with E-state index >= 15 is 0 Å². The minimum absolute atomic E-state index is 0.514. The summed E-state index contributed by atoms with van der Waals surface area (Å²) in [5.41, 5.74) is 4.33. The van der Waals surface area contributed by atoms with E-state index in [9.17, 15) is 0 Å². The molecule has 1 heterocycles. The number of hydrogen-bond donors (Lipinski definition) is 0. The third-order valence-corrected chi connectivity index (χ3v) is 4.19. The van der Waals surface area contributed by atoms with Crippen molar-refractivity contribution < 1.29 is 0 Å². The van der Waals surface area contributed by atoms with Gasteiger partial charge in [0.15, 0.2) is 0 Å². The molecular formula is C18H22N2. The van der Waals surface area contributed by atoms with Crippen molar-refractivity contribution in [3.8, 4) is 0 Å². The van der Waals surface area contributed by atoms with Crippen molar-refractivity contribution >= 4 is 0 Å². The lowest BCUT2D eigenvalue weighted by molar-refractivity contribution is -0.0450. The van der Waals surface area contributed by atoms with Crippen molar-refractivity contribution in [3.05, 3.63) is 71.3 Å². The lowest BCUT2D eigenvalue weighted by atomic mass is 10.0. The van der Waals surface area contributed by atoms with Gasteiger partial charge in [-0.1, -0.05) is 61.5 Å². The topological polar surface area (TPSA) is 6.48 Å². The molecule has 2 aromatic rings. The molecule has 0 N–H and O–H groups in total. The van der Waals surface area contributed by atoms with Gasteiger partial charge >= 0.3 is 0 Å². The Morgan fingerprint density at radius 2 is 1.75 bits per heavy atom. The maximum absolute atomic E-state index is 2.50. The van der Waals surface area contributed by atoms with Gasteiger partial charge in [-0.05, 0) is 23.1 Å². The first-order valence-corrected chi connectivity index (χ1v) is 7.39. The molecule has 1 aliphatic heterocycles. The summed E-state index contributed by atoms with van der Waals surface area (Å²) in [6.45, 7) is 4.26. The second-order valence-electron chi connectivity index (χ2n) is 5.52. The molecule has 2 aromatic carbocycles. The van der Waals surface area contributed by atoms with Gasteiger partial charge in [0.1, 0.15) is 0 Å². The van der Waals surface area contributed by atoms with Crippen LogP contribution < -0.4 is 0 Å². The van der Waals surface area contributed by atoms with E-state index < -0.39 is 0 Å². The van der Waals surface area contributed by atoms with E-state index in [1.54, 1.807) is 0 Å². The third kappa shape index (κ3) is 2.49. The van der Waals surface area contributed by atoms with Crippen molar-refractivity contribution in [2.75, 3.05) is 7.05 Å². The van der Waals surface area contributed by atoms with E-state index in [2.05, 4.69) is 78.6 Å². The van der Waals surface area contributed by atoms with Crippen LogP contribution in [0.25, 0.3) is 0 Å². The summed E-state index contributed by atoms with van der Waals surface area (Å²) in [6.07, 6.45) is 1.15. The van der Waals surface area contributed by atoms with E-state index in [0.29, 0.717) is 6.04 Å². The first-order chi connectivity index (χ1) is 9.79. The van der Waals surface area contributed by atoms with Gasteiger partial charge in [-0.3, -0.25) is 0 Å². The lowest BCUT2D eigenvalue weighted by Gasteiger charge is -2.33. The highest BCUT2D eigenvalue weighted by molar-refractivity contribution is 5.33. The van der Waals surface area contributed by atoms with Crippen LogP contribution in [-0.2, 0) is 13.1 Å². The predicted octanol–water partition coefficient (Wildman–Crippen LogP) is 4.00. The summed E-state index contributed by atoms with van der Waals surface area (Å²) in [5, 5.41) is 4.86. The summed E-state index contributed by atoms with van der Waals surface area (Å²) in [5.74, 6) is 0. The SMILES string of the molecule is CCC1c2ccccc2CN1N(C)Cc1ccccc1. The fraction of sp³-hybridized carbons (Fsp3) is 0.333. The zero-order valence-corrected chi connectivity index (χ0v) is 12.3. The minimum atomic E-state index is 0.514. The van der Waals surface area contributed by atoms with Crippen LogP contribution in [0.3, 0.4) is 0 Å². The van der Waals surface area contributed by atoms with Crippen molar-refractivity contribution in [1.82, 2.24) is 10.0 Å². The zero-order chi connectivity index (χ0) is 13.9. The maximum Gasteiger partial charge on any atom is 0.0499 e. The molecule has 2 heteroatoms. The minimum Gasteiger partial charge on any atom is -0.240 e. The predicted molar refractivity (Wildman–Crippen MR) is 82.9 cm³/mol. The second kappa shape index (κ2) is 5.78. The molecule has 2 nitrogen and oxygen atoms in total. The summed E-state index contributed by atoms with van der Waals surface area (Å²) in [4.78, 5) is 0. The van der Waals surface area contributed by atoms with Crippen LogP contribution in [-0.4, -0.2) is 17.1 Å². The van der Waals surface area contributed by atoms with Crippen molar-refractivity contribution in [3.63, 3.8) is 0 Å². The second-order valence-corrected chi connectivity index (χ2v) is 5.52.